The molecule has 4 heteroatoms. The zero-order valence-electron chi connectivity index (χ0n) is 8.73. The third-order valence-electron chi connectivity index (χ3n) is 3.33. The molecule has 2 aliphatic heterocycles. The van der Waals surface area contributed by atoms with Crippen LogP contribution in [-0.4, -0.2) is 22.9 Å². The fourth-order valence-corrected chi connectivity index (χ4v) is 2.90. The average molecular weight is 282 g/mol. The van der Waals surface area contributed by atoms with Gasteiger partial charge in [-0.2, -0.15) is 0 Å². The third kappa shape index (κ3) is 1.52. The molecule has 1 fully saturated rings. The van der Waals surface area contributed by atoms with Gasteiger partial charge in [-0.25, -0.2) is 0 Å². The van der Waals surface area contributed by atoms with Gasteiger partial charge in [0.1, 0.15) is 0 Å². The van der Waals surface area contributed by atoms with Gasteiger partial charge in [-0.1, -0.05) is 12.2 Å². The van der Waals surface area contributed by atoms with Crippen LogP contribution in [0.15, 0.2) is 33.4 Å². The number of furan rings is 1. The van der Waals surface area contributed by atoms with Crippen LogP contribution in [0.4, 0.5) is 0 Å². The van der Waals surface area contributed by atoms with Gasteiger partial charge in [0, 0.05) is 6.04 Å². The summed E-state index contributed by atoms with van der Waals surface area (Å²) in [6.07, 6.45) is 7.48. The zero-order valence-corrected chi connectivity index (χ0v) is 10.3. The number of hydrogen-bond donors (Lipinski definition) is 0. The number of halogens is 1. The van der Waals surface area contributed by atoms with Gasteiger partial charge in [0.15, 0.2) is 10.4 Å². The van der Waals surface area contributed by atoms with Crippen LogP contribution in [0.25, 0.3) is 0 Å². The fourth-order valence-electron chi connectivity index (χ4n) is 2.60. The monoisotopic (exact) mass is 281 g/mol. The molecule has 1 amide bonds. The molecule has 2 atom stereocenters. The van der Waals surface area contributed by atoms with Crippen LogP contribution >= 0.6 is 15.9 Å². The van der Waals surface area contributed by atoms with E-state index in [9.17, 15) is 4.79 Å². The lowest BCUT2D eigenvalue weighted by molar-refractivity contribution is 0.0654. The van der Waals surface area contributed by atoms with E-state index >= 15 is 0 Å². The van der Waals surface area contributed by atoms with Crippen LogP contribution in [0.2, 0.25) is 0 Å². The van der Waals surface area contributed by atoms with Crippen molar-refractivity contribution in [2.75, 3.05) is 0 Å². The minimum Gasteiger partial charge on any atom is -0.444 e. The smallest absolute Gasteiger partial charge is 0.290 e. The molecule has 0 aliphatic carbocycles. The highest BCUT2D eigenvalue weighted by Crippen LogP contribution is 2.33. The molecule has 3 nitrogen and oxygen atoms in total. The summed E-state index contributed by atoms with van der Waals surface area (Å²) in [5, 5.41) is 0. The van der Waals surface area contributed by atoms with Crippen molar-refractivity contribution in [1.82, 2.24) is 4.90 Å². The van der Waals surface area contributed by atoms with Crippen molar-refractivity contribution in [3.05, 3.63) is 34.7 Å². The van der Waals surface area contributed by atoms with E-state index < -0.39 is 0 Å². The van der Waals surface area contributed by atoms with Crippen molar-refractivity contribution in [3.63, 3.8) is 0 Å². The topological polar surface area (TPSA) is 33.5 Å². The SMILES string of the molecule is O=C(c1ccc(Br)o1)N1[C@H]2CC=C[C@H]1CC2. The van der Waals surface area contributed by atoms with Crippen molar-refractivity contribution >= 4 is 21.8 Å². The molecule has 16 heavy (non-hydrogen) atoms. The maximum atomic E-state index is 12.3. The number of hydrogen-bond acceptors (Lipinski definition) is 2. The summed E-state index contributed by atoms with van der Waals surface area (Å²) >= 11 is 3.22. The van der Waals surface area contributed by atoms with Crippen LogP contribution in [0, 0.1) is 0 Å². The number of fused-ring (bicyclic) bond motifs is 2. The van der Waals surface area contributed by atoms with E-state index in [1.165, 1.54) is 0 Å². The Labute approximate surface area is 102 Å². The molecule has 3 rings (SSSR count). The van der Waals surface area contributed by atoms with Gasteiger partial charge in [-0.15, -0.1) is 0 Å². The number of carbonyl (C=O) groups excluding carboxylic acids is 1. The van der Waals surface area contributed by atoms with Crippen LogP contribution in [0.5, 0.6) is 0 Å². The lowest BCUT2D eigenvalue weighted by Crippen LogP contribution is -2.41. The van der Waals surface area contributed by atoms with E-state index in [1.807, 2.05) is 4.90 Å². The zero-order chi connectivity index (χ0) is 11.1. The van der Waals surface area contributed by atoms with Gasteiger partial charge in [0.05, 0.1) is 6.04 Å². The molecule has 1 aromatic heterocycles. The van der Waals surface area contributed by atoms with E-state index in [4.69, 9.17) is 4.42 Å². The minimum absolute atomic E-state index is 0.0163. The van der Waals surface area contributed by atoms with Gasteiger partial charge in [-0.3, -0.25) is 4.79 Å². The number of rotatable bonds is 1. The average Bonchev–Trinajstić information content (AvgIpc) is 2.80. The third-order valence-corrected chi connectivity index (χ3v) is 3.76. The Morgan fingerprint density at radius 3 is 3.00 bits per heavy atom. The maximum absolute atomic E-state index is 12.3. The summed E-state index contributed by atoms with van der Waals surface area (Å²) in [5.41, 5.74) is 0. The first-order chi connectivity index (χ1) is 7.75. The summed E-state index contributed by atoms with van der Waals surface area (Å²) in [6, 6.07) is 4.13. The molecule has 2 aliphatic rings. The van der Waals surface area contributed by atoms with E-state index in [0.717, 1.165) is 19.3 Å². The van der Waals surface area contributed by atoms with Crippen LogP contribution in [0.1, 0.15) is 29.8 Å². The summed E-state index contributed by atoms with van der Waals surface area (Å²) in [6.45, 7) is 0. The van der Waals surface area contributed by atoms with Gasteiger partial charge in [0.25, 0.3) is 5.91 Å². The van der Waals surface area contributed by atoms with Gasteiger partial charge >= 0.3 is 0 Å². The molecular formula is C12H12BrNO2. The van der Waals surface area contributed by atoms with Crippen molar-refractivity contribution < 1.29 is 9.21 Å². The second kappa shape index (κ2) is 3.77. The van der Waals surface area contributed by atoms with Gasteiger partial charge in [-0.05, 0) is 47.3 Å². The standard InChI is InChI=1S/C12H12BrNO2/c13-11-7-6-10(16-11)12(15)14-8-2-1-3-9(14)5-4-8/h1-2,6-9H,3-5H2/t8-,9-/m0/s1. The molecule has 0 N–H and O–H groups in total. The molecule has 3 heterocycles. The highest BCUT2D eigenvalue weighted by molar-refractivity contribution is 9.10. The molecule has 0 spiro atoms. The first kappa shape index (κ1) is 10.1. The lowest BCUT2D eigenvalue weighted by atomic mass is 10.1. The van der Waals surface area contributed by atoms with Gasteiger partial charge < -0.3 is 9.32 Å². The largest absolute Gasteiger partial charge is 0.444 e. The first-order valence-electron chi connectivity index (χ1n) is 5.50. The molecule has 1 saturated heterocycles. The molecule has 0 radical (unpaired) electrons. The Morgan fingerprint density at radius 2 is 2.31 bits per heavy atom. The quantitative estimate of drug-likeness (QED) is 0.742. The molecule has 0 saturated carbocycles. The second-order valence-electron chi connectivity index (χ2n) is 4.28. The van der Waals surface area contributed by atoms with Crippen molar-refractivity contribution in [1.29, 1.82) is 0 Å². The molecule has 0 unspecified atom stereocenters. The Hall–Kier alpha value is -1.03. The number of carbonyl (C=O) groups is 1. The van der Waals surface area contributed by atoms with E-state index in [1.54, 1.807) is 12.1 Å². The molecular weight excluding hydrogens is 270 g/mol. The van der Waals surface area contributed by atoms with E-state index in [2.05, 4.69) is 28.1 Å². The Morgan fingerprint density at radius 1 is 1.44 bits per heavy atom. The van der Waals surface area contributed by atoms with Crippen molar-refractivity contribution in [2.24, 2.45) is 0 Å². The predicted octanol–water partition coefficient (Wildman–Crippen LogP) is 2.98. The highest BCUT2D eigenvalue weighted by Gasteiger charge is 2.38. The summed E-state index contributed by atoms with van der Waals surface area (Å²) < 4.78 is 5.93. The normalized spacial score (nSPS) is 27.4. The summed E-state index contributed by atoms with van der Waals surface area (Å²) in [7, 11) is 0. The lowest BCUT2D eigenvalue weighted by Gasteiger charge is -2.30. The summed E-state index contributed by atoms with van der Waals surface area (Å²) in [5.74, 6) is 0.446. The fraction of sp³-hybridized carbons (Fsp3) is 0.417. The van der Waals surface area contributed by atoms with Crippen LogP contribution in [0.3, 0.4) is 0 Å². The van der Waals surface area contributed by atoms with Crippen LogP contribution in [-0.2, 0) is 0 Å². The predicted molar refractivity (Wildman–Crippen MR) is 63.1 cm³/mol. The first-order valence-corrected chi connectivity index (χ1v) is 6.29. The number of nitrogens with zero attached hydrogens (tertiary/aromatic N) is 1. The van der Waals surface area contributed by atoms with Gasteiger partial charge in [0.2, 0.25) is 0 Å². The minimum atomic E-state index is 0.0163. The molecule has 2 bridgehead atoms. The maximum Gasteiger partial charge on any atom is 0.290 e. The molecule has 84 valence electrons. The van der Waals surface area contributed by atoms with Crippen molar-refractivity contribution in [3.8, 4) is 0 Å². The van der Waals surface area contributed by atoms with Crippen LogP contribution < -0.4 is 0 Å². The highest BCUT2D eigenvalue weighted by atomic mass is 79.9. The Bertz CT molecular complexity index is 452. The second-order valence-corrected chi connectivity index (χ2v) is 5.06. The molecule has 0 aromatic carbocycles. The van der Waals surface area contributed by atoms with Crippen molar-refractivity contribution in [2.45, 2.75) is 31.3 Å². The van der Waals surface area contributed by atoms with E-state index in [0.29, 0.717) is 16.5 Å². The number of amides is 1. The Kier molecular flexibility index (Phi) is 2.39. The van der Waals surface area contributed by atoms with E-state index in [-0.39, 0.29) is 11.9 Å². The Balaban J connectivity index is 1.88. The molecule has 1 aromatic rings. The summed E-state index contributed by atoms with van der Waals surface area (Å²) in [4.78, 5) is 14.2.